The van der Waals surface area contributed by atoms with Crippen molar-refractivity contribution in [1.82, 2.24) is 4.98 Å². The number of aromatic carboxylic acids is 1. The van der Waals surface area contributed by atoms with Crippen molar-refractivity contribution in [1.29, 1.82) is 0 Å². The van der Waals surface area contributed by atoms with Crippen molar-refractivity contribution in [2.24, 2.45) is 5.92 Å². The molecule has 0 amide bonds. The second-order valence-electron chi connectivity index (χ2n) is 6.53. The van der Waals surface area contributed by atoms with Gasteiger partial charge in [-0.3, -0.25) is 4.98 Å². The SMILES string of the molecule is CC(C)(C)c1nc2c(cc1C(=O)O)CC(C(F)(F)F)CC2. The Balaban J connectivity index is 2.49. The van der Waals surface area contributed by atoms with Gasteiger partial charge in [-0.2, -0.15) is 13.2 Å². The monoisotopic (exact) mass is 301 g/mol. The number of hydrogen-bond donors (Lipinski definition) is 1. The molecule has 1 heterocycles. The fraction of sp³-hybridized carbons (Fsp3) is 0.600. The molecule has 1 N–H and O–H groups in total. The molecule has 0 fully saturated rings. The third-order valence-electron chi connectivity index (χ3n) is 3.79. The van der Waals surface area contributed by atoms with Crippen LogP contribution in [0.3, 0.4) is 0 Å². The fourth-order valence-electron chi connectivity index (χ4n) is 2.68. The van der Waals surface area contributed by atoms with Crippen molar-refractivity contribution >= 4 is 5.97 Å². The molecule has 1 aromatic rings. The van der Waals surface area contributed by atoms with E-state index in [9.17, 15) is 23.1 Å². The van der Waals surface area contributed by atoms with Gasteiger partial charge in [-0.15, -0.1) is 0 Å². The summed E-state index contributed by atoms with van der Waals surface area (Å²) in [5.74, 6) is -2.56. The Hall–Kier alpha value is -1.59. The molecule has 116 valence electrons. The summed E-state index contributed by atoms with van der Waals surface area (Å²) in [6.45, 7) is 5.53. The molecule has 2 rings (SSSR count). The van der Waals surface area contributed by atoms with E-state index in [4.69, 9.17) is 0 Å². The predicted molar refractivity (Wildman–Crippen MR) is 71.5 cm³/mol. The number of carboxylic acids is 1. The summed E-state index contributed by atoms with van der Waals surface area (Å²) in [5.41, 5.74) is 0.978. The van der Waals surface area contributed by atoms with Crippen LogP contribution < -0.4 is 0 Å². The van der Waals surface area contributed by atoms with Crippen LogP contribution in [0.1, 0.15) is 54.5 Å². The molecule has 0 aromatic carbocycles. The van der Waals surface area contributed by atoms with E-state index in [1.54, 1.807) is 0 Å². The Morgan fingerprint density at radius 3 is 2.43 bits per heavy atom. The molecule has 21 heavy (non-hydrogen) atoms. The lowest BCUT2D eigenvalue weighted by Gasteiger charge is -2.28. The molecular weight excluding hydrogens is 283 g/mol. The molecule has 1 aromatic heterocycles. The van der Waals surface area contributed by atoms with E-state index in [2.05, 4.69) is 4.98 Å². The first-order chi connectivity index (χ1) is 9.50. The zero-order chi connectivity index (χ0) is 16.0. The van der Waals surface area contributed by atoms with Crippen LogP contribution in [0.5, 0.6) is 0 Å². The van der Waals surface area contributed by atoms with Crippen molar-refractivity contribution in [3.05, 3.63) is 28.6 Å². The van der Waals surface area contributed by atoms with Crippen molar-refractivity contribution in [3.63, 3.8) is 0 Å². The number of pyridine rings is 1. The van der Waals surface area contributed by atoms with Crippen LogP contribution in [-0.2, 0) is 18.3 Å². The second-order valence-corrected chi connectivity index (χ2v) is 6.53. The molecular formula is C15H18F3NO2. The van der Waals surface area contributed by atoms with Gasteiger partial charge < -0.3 is 5.11 Å². The highest BCUT2D eigenvalue weighted by atomic mass is 19.4. The third kappa shape index (κ3) is 3.19. The molecule has 0 bridgehead atoms. The zero-order valence-corrected chi connectivity index (χ0v) is 12.2. The van der Waals surface area contributed by atoms with E-state index >= 15 is 0 Å². The zero-order valence-electron chi connectivity index (χ0n) is 12.2. The average Bonchev–Trinajstić information content (AvgIpc) is 2.34. The minimum atomic E-state index is -4.25. The van der Waals surface area contributed by atoms with Crippen LogP contribution in [0.2, 0.25) is 0 Å². The van der Waals surface area contributed by atoms with Gasteiger partial charge in [0, 0.05) is 11.1 Å². The van der Waals surface area contributed by atoms with E-state index in [-0.39, 0.29) is 24.8 Å². The molecule has 0 radical (unpaired) electrons. The molecule has 0 saturated carbocycles. The average molecular weight is 301 g/mol. The summed E-state index contributed by atoms with van der Waals surface area (Å²) in [4.78, 5) is 15.7. The molecule has 1 aliphatic rings. The summed E-state index contributed by atoms with van der Waals surface area (Å²) in [5, 5.41) is 9.29. The maximum atomic E-state index is 12.8. The summed E-state index contributed by atoms with van der Waals surface area (Å²) >= 11 is 0. The summed E-state index contributed by atoms with van der Waals surface area (Å²) in [7, 11) is 0. The first-order valence-corrected chi connectivity index (χ1v) is 6.83. The lowest BCUT2D eigenvalue weighted by atomic mass is 9.82. The fourth-order valence-corrected chi connectivity index (χ4v) is 2.68. The van der Waals surface area contributed by atoms with Crippen LogP contribution in [0, 0.1) is 5.92 Å². The topological polar surface area (TPSA) is 50.2 Å². The minimum Gasteiger partial charge on any atom is -0.478 e. The number of hydrogen-bond acceptors (Lipinski definition) is 2. The summed E-state index contributed by atoms with van der Waals surface area (Å²) in [6, 6.07) is 1.38. The summed E-state index contributed by atoms with van der Waals surface area (Å²) < 4.78 is 38.5. The van der Waals surface area contributed by atoms with Gasteiger partial charge in [0.05, 0.1) is 17.2 Å². The smallest absolute Gasteiger partial charge is 0.392 e. The third-order valence-corrected chi connectivity index (χ3v) is 3.79. The quantitative estimate of drug-likeness (QED) is 0.859. The lowest BCUT2D eigenvalue weighted by molar-refractivity contribution is -0.177. The van der Waals surface area contributed by atoms with E-state index in [0.717, 1.165) is 0 Å². The molecule has 1 atom stereocenters. The molecule has 3 nitrogen and oxygen atoms in total. The number of alkyl halides is 3. The van der Waals surface area contributed by atoms with Crippen LogP contribution in [0.15, 0.2) is 6.07 Å². The Bertz CT molecular complexity index is 574. The Morgan fingerprint density at radius 2 is 1.95 bits per heavy atom. The molecule has 0 saturated heterocycles. The van der Waals surface area contributed by atoms with E-state index in [1.165, 1.54) is 6.07 Å². The Labute approximate surface area is 121 Å². The van der Waals surface area contributed by atoms with Gasteiger partial charge in [0.1, 0.15) is 0 Å². The number of fused-ring (bicyclic) bond motifs is 1. The van der Waals surface area contributed by atoms with E-state index in [0.29, 0.717) is 17.0 Å². The van der Waals surface area contributed by atoms with Crippen LogP contribution >= 0.6 is 0 Å². The maximum Gasteiger partial charge on any atom is 0.392 e. The summed E-state index contributed by atoms with van der Waals surface area (Å²) in [6.07, 6.45) is -4.18. The van der Waals surface area contributed by atoms with Gasteiger partial charge in [-0.05, 0) is 30.9 Å². The number of halogens is 3. The predicted octanol–water partition coefficient (Wildman–Crippen LogP) is 3.74. The largest absolute Gasteiger partial charge is 0.478 e. The van der Waals surface area contributed by atoms with Gasteiger partial charge in [-0.25, -0.2) is 4.79 Å². The molecule has 6 heteroatoms. The van der Waals surface area contributed by atoms with Gasteiger partial charge in [-0.1, -0.05) is 20.8 Å². The van der Waals surface area contributed by atoms with Gasteiger partial charge in [0.2, 0.25) is 0 Å². The van der Waals surface area contributed by atoms with E-state index < -0.39 is 23.5 Å². The first kappa shape index (κ1) is 15.8. The van der Waals surface area contributed by atoms with Crippen LogP contribution in [0.4, 0.5) is 13.2 Å². The van der Waals surface area contributed by atoms with E-state index in [1.807, 2.05) is 20.8 Å². The molecule has 1 unspecified atom stereocenters. The Kier molecular flexibility index (Phi) is 3.76. The van der Waals surface area contributed by atoms with Crippen molar-refractivity contribution in [2.75, 3.05) is 0 Å². The van der Waals surface area contributed by atoms with Crippen molar-refractivity contribution in [2.45, 2.75) is 51.6 Å². The highest BCUT2D eigenvalue weighted by molar-refractivity contribution is 5.89. The van der Waals surface area contributed by atoms with Crippen LogP contribution in [-0.4, -0.2) is 22.2 Å². The first-order valence-electron chi connectivity index (χ1n) is 6.83. The standard InChI is InChI=1S/C15H18F3NO2/c1-14(2,3)12-10(13(20)21)7-8-6-9(15(16,17)18)4-5-11(8)19-12/h7,9H,4-6H2,1-3H3,(H,20,21). The van der Waals surface area contributed by atoms with Crippen LogP contribution in [0.25, 0.3) is 0 Å². The number of aryl methyl sites for hydroxylation is 1. The van der Waals surface area contributed by atoms with Crippen molar-refractivity contribution in [3.8, 4) is 0 Å². The highest BCUT2D eigenvalue weighted by Gasteiger charge is 2.42. The number of rotatable bonds is 1. The molecule has 0 aliphatic heterocycles. The normalized spacial score (nSPS) is 19.2. The Morgan fingerprint density at radius 1 is 1.33 bits per heavy atom. The molecule has 1 aliphatic carbocycles. The second kappa shape index (κ2) is 5.00. The number of aromatic nitrogens is 1. The maximum absolute atomic E-state index is 12.8. The number of nitrogens with zero attached hydrogens (tertiary/aromatic N) is 1. The highest BCUT2D eigenvalue weighted by Crippen LogP contribution is 2.38. The minimum absolute atomic E-state index is 0.00377. The number of carboxylic acid groups (broad SMARTS) is 1. The van der Waals surface area contributed by atoms with Gasteiger partial charge in [0.25, 0.3) is 0 Å². The van der Waals surface area contributed by atoms with Crippen molar-refractivity contribution < 1.29 is 23.1 Å². The lowest BCUT2D eigenvalue weighted by Crippen LogP contribution is -2.30. The number of carbonyl (C=O) groups is 1. The molecule has 0 spiro atoms. The van der Waals surface area contributed by atoms with Gasteiger partial charge >= 0.3 is 12.1 Å². The van der Waals surface area contributed by atoms with Gasteiger partial charge in [0.15, 0.2) is 0 Å².